The van der Waals surface area contributed by atoms with Crippen molar-refractivity contribution in [2.75, 3.05) is 26.7 Å². The third-order valence-corrected chi connectivity index (χ3v) is 5.19. The number of nitrogens with one attached hydrogen (secondary N) is 2. The second-order valence-corrected chi connectivity index (χ2v) is 7.27. The molecule has 1 aliphatic heterocycles. The second kappa shape index (κ2) is 10.3. The van der Waals surface area contributed by atoms with E-state index in [4.69, 9.17) is 4.52 Å². The number of benzene rings is 2. The highest BCUT2D eigenvalue weighted by atomic mass is 35.5. The zero-order valence-corrected chi connectivity index (χ0v) is 17.6. The van der Waals surface area contributed by atoms with Crippen molar-refractivity contribution < 1.29 is 9.32 Å². The number of piperazine rings is 1. The van der Waals surface area contributed by atoms with E-state index < -0.39 is 6.04 Å². The molecule has 30 heavy (non-hydrogen) atoms. The summed E-state index contributed by atoms with van der Waals surface area (Å²) in [5, 5.41) is 10.6. The van der Waals surface area contributed by atoms with Gasteiger partial charge in [0.05, 0.1) is 6.04 Å². The average Bonchev–Trinajstić information content (AvgIpc) is 3.25. The summed E-state index contributed by atoms with van der Waals surface area (Å²) in [6.07, 6.45) is 0.569. The minimum absolute atomic E-state index is 0. The van der Waals surface area contributed by atoms with Crippen LogP contribution in [-0.2, 0) is 6.42 Å². The van der Waals surface area contributed by atoms with Crippen LogP contribution in [0, 0.1) is 0 Å². The normalized spacial score (nSPS) is 17.7. The fourth-order valence-electron chi connectivity index (χ4n) is 3.50. The third-order valence-electron chi connectivity index (χ3n) is 5.19. The van der Waals surface area contributed by atoms with E-state index >= 15 is 0 Å². The van der Waals surface area contributed by atoms with Crippen molar-refractivity contribution in [3.8, 4) is 0 Å². The molecule has 8 heteroatoms. The molecule has 3 aromatic rings. The molecule has 7 nitrogen and oxygen atoms in total. The molecule has 0 radical (unpaired) electrons. The van der Waals surface area contributed by atoms with Crippen molar-refractivity contribution in [1.29, 1.82) is 0 Å². The fourth-order valence-corrected chi connectivity index (χ4v) is 3.50. The van der Waals surface area contributed by atoms with E-state index in [9.17, 15) is 4.79 Å². The summed E-state index contributed by atoms with van der Waals surface area (Å²) in [5.74, 6) is 0.900. The van der Waals surface area contributed by atoms with Gasteiger partial charge in [0.15, 0.2) is 5.82 Å². The van der Waals surface area contributed by atoms with Crippen molar-refractivity contribution in [2.24, 2.45) is 0 Å². The number of halogens is 1. The van der Waals surface area contributed by atoms with Crippen LogP contribution in [0.1, 0.15) is 39.7 Å². The molecule has 1 amide bonds. The lowest BCUT2D eigenvalue weighted by atomic mass is 10.1. The first kappa shape index (κ1) is 22.0. The molecule has 1 aliphatic rings. The first-order valence-electron chi connectivity index (χ1n) is 9.85. The number of hydrogen-bond donors (Lipinski definition) is 2. The first-order chi connectivity index (χ1) is 14.2. The topological polar surface area (TPSA) is 83.3 Å². The molecule has 0 spiro atoms. The van der Waals surface area contributed by atoms with Crippen molar-refractivity contribution in [2.45, 2.75) is 18.5 Å². The number of amides is 1. The van der Waals surface area contributed by atoms with E-state index in [1.54, 1.807) is 12.1 Å². The highest BCUT2D eigenvalue weighted by Gasteiger charge is 2.28. The van der Waals surface area contributed by atoms with Gasteiger partial charge in [-0.1, -0.05) is 53.7 Å². The third kappa shape index (κ3) is 5.24. The zero-order chi connectivity index (χ0) is 20.1. The van der Waals surface area contributed by atoms with Crippen LogP contribution in [0.5, 0.6) is 0 Å². The lowest BCUT2D eigenvalue weighted by Crippen LogP contribution is -2.44. The standard InChI is InChI=1S/C22H25N5O2.ClH/c1-27-13-12-23-15-19(27)20-25-22(29-26-20)18(14-16-8-4-2-5-9-16)24-21(28)17-10-6-3-7-11-17;/h2-11,18-19,23H,12-15H2,1H3,(H,24,28);1H. The summed E-state index contributed by atoms with van der Waals surface area (Å²) in [6.45, 7) is 2.64. The van der Waals surface area contributed by atoms with E-state index in [0.29, 0.717) is 23.7 Å². The first-order valence-corrected chi connectivity index (χ1v) is 9.85. The molecular weight excluding hydrogens is 402 g/mol. The van der Waals surface area contributed by atoms with Crippen molar-refractivity contribution >= 4 is 18.3 Å². The van der Waals surface area contributed by atoms with Crippen molar-refractivity contribution in [3.05, 3.63) is 83.5 Å². The summed E-state index contributed by atoms with van der Waals surface area (Å²) < 4.78 is 5.61. The maximum Gasteiger partial charge on any atom is 0.251 e. The lowest BCUT2D eigenvalue weighted by molar-refractivity contribution is 0.0928. The molecule has 0 saturated carbocycles. The van der Waals surface area contributed by atoms with Crippen LogP contribution in [0.3, 0.4) is 0 Å². The molecule has 2 aromatic carbocycles. The van der Waals surface area contributed by atoms with Crippen LogP contribution >= 0.6 is 12.4 Å². The number of likely N-dealkylation sites (N-methyl/N-ethyl adjacent to an activating group) is 1. The molecule has 2 unspecified atom stereocenters. The molecule has 1 fully saturated rings. The Hall–Kier alpha value is -2.74. The Kier molecular flexibility index (Phi) is 7.57. The van der Waals surface area contributed by atoms with Gasteiger partial charge in [-0.25, -0.2) is 0 Å². The second-order valence-electron chi connectivity index (χ2n) is 7.27. The molecule has 2 heterocycles. The van der Waals surface area contributed by atoms with E-state index in [1.807, 2.05) is 48.5 Å². The molecule has 2 atom stereocenters. The monoisotopic (exact) mass is 427 g/mol. The van der Waals surface area contributed by atoms with Gasteiger partial charge in [0, 0.05) is 31.6 Å². The largest absolute Gasteiger partial charge is 0.340 e. The van der Waals surface area contributed by atoms with E-state index in [-0.39, 0.29) is 24.4 Å². The molecular formula is C22H26ClN5O2. The van der Waals surface area contributed by atoms with E-state index in [1.165, 1.54) is 0 Å². The van der Waals surface area contributed by atoms with Crippen LogP contribution in [0.25, 0.3) is 0 Å². The quantitative estimate of drug-likeness (QED) is 0.629. The zero-order valence-electron chi connectivity index (χ0n) is 16.8. The Labute approximate surface area is 182 Å². The molecule has 2 N–H and O–H groups in total. The summed E-state index contributed by atoms with van der Waals surface area (Å²) in [5.41, 5.74) is 1.68. The van der Waals surface area contributed by atoms with Crippen molar-refractivity contribution in [3.63, 3.8) is 0 Å². The predicted octanol–water partition coefficient (Wildman–Crippen LogP) is 2.78. The maximum atomic E-state index is 12.8. The van der Waals surface area contributed by atoms with Gasteiger partial charge in [-0.3, -0.25) is 9.69 Å². The molecule has 1 saturated heterocycles. The minimum atomic E-state index is -0.409. The van der Waals surface area contributed by atoms with Crippen LogP contribution < -0.4 is 10.6 Å². The SMILES string of the molecule is CN1CCNCC1c1noc(C(Cc2ccccc2)NC(=O)c2ccccc2)n1.Cl. The Balaban J connectivity index is 0.00000256. The Morgan fingerprint density at radius 3 is 2.60 bits per heavy atom. The Morgan fingerprint density at radius 2 is 1.90 bits per heavy atom. The number of carbonyl (C=O) groups is 1. The van der Waals surface area contributed by atoms with Gasteiger partial charge in [-0.05, 0) is 24.7 Å². The minimum Gasteiger partial charge on any atom is -0.340 e. The molecule has 0 aliphatic carbocycles. The van der Waals surface area contributed by atoms with Crippen LogP contribution in [-0.4, -0.2) is 47.6 Å². The van der Waals surface area contributed by atoms with Crippen LogP contribution in [0.15, 0.2) is 65.2 Å². The van der Waals surface area contributed by atoms with E-state index in [2.05, 4.69) is 32.7 Å². The van der Waals surface area contributed by atoms with E-state index in [0.717, 1.165) is 25.2 Å². The number of nitrogens with zero attached hydrogens (tertiary/aromatic N) is 3. The molecule has 158 valence electrons. The number of rotatable bonds is 6. The number of aromatic nitrogens is 2. The molecule has 1 aromatic heterocycles. The van der Waals surface area contributed by atoms with Crippen LogP contribution in [0.4, 0.5) is 0 Å². The highest BCUT2D eigenvalue weighted by molar-refractivity contribution is 5.94. The smallest absolute Gasteiger partial charge is 0.251 e. The average molecular weight is 428 g/mol. The number of carbonyl (C=O) groups excluding carboxylic acids is 1. The molecule has 0 bridgehead atoms. The van der Waals surface area contributed by atoms with Gasteiger partial charge in [0.2, 0.25) is 5.89 Å². The Bertz CT molecular complexity index is 935. The fraction of sp³-hybridized carbons (Fsp3) is 0.318. The maximum absolute atomic E-state index is 12.8. The van der Waals surface area contributed by atoms with Crippen molar-refractivity contribution in [1.82, 2.24) is 25.7 Å². The van der Waals surface area contributed by atoms with Crippen LogP contribution in [0.2, 0.25) is 0 Å². The summed E-state index contributed by atoms with van der Waals surface area (Å²) in [6, 6.07) is 18.8. The van der Waals surface area contributed by atoms with Gasteiger partial charge in [0.25, 0.3) is 5.91 Å². The highest BCUT2D eigenvalue weighted by Crippen LogP contribution is 2.22. The summed E-state index contributed by atoms with van der Waals surface area (Å²) in [4.78, 5) is 19.6. The number of hydrogen-bond acceptors (Lipinski definition) is 6. The van der Waals surface area contributed by atoms with Gasteiger partial charge >= 0.3 is 0 Å². The molecule has 4 rings (SSSR count). The lowest BCUT2D eigenvalue weighted by Gasteiger charge is -2.30. The summed E-state index contributed by atoms with van der Waals surface area (Å²) >= 11 is 0. The van der Waals surface area contributed by atoms with Gasteiger partial charge in [0.1, 0.15) is 6.04 Å². The summed E-state index contributed by atoms with van der Waals surface area (Å²) in [7, 11) is 2.06. The van der Waals surface area contributed by atoms with Gasteiger partial charge in [-0.2, -0.15) is 4.98 Å². The Morgan fingerprint density at radius 1 is 1.20 bits per heavy atom. The van der Waals surface area contributed by atoms with Gasteiger partial charge in [-0.15, -0.1) is 12.4 Å². The van der Waals surface area contributed by atoms with Gasteiger partial charge < -0.3 is 15.2 Å². The predicted molar refractivity (Wildman–Crippen MR) is 117 cm³/mol.